The summed E-state index contributed by atoms with van der Waals surface area (Å²) in [4.78, 5) is 22.2. The number of hydrogen-bond acceptors (Lipinski definition) is 3. The number of carbonyl (C=O) groups is 2. The second-order valence-electron chi connectivity index (χ2n) is 3.52. The summed E-state index contributed by atoms with van der Waals surface area (Å²) >= 11 is 0. The molecule has 0 bridgehead atoms. The molecule has 0 N–H and O–H groups in total. The first-order valence-electron chi connectivity index (χ1n) is 4.72. The molecule has 0 fully saturated rings. The van der Waals surface area contributed by atoms with Gasteiger partial charge in [0.2, 0.25) is 5.78 Å². The molecule has 80 valence electrons. The maximum atomic E-state index is 11.3. The Hall–Kier alpha value is -1.64. The lowest BCUT2D eigenvalue weighted by atomic mass is 10.0. The average molecular weight is 206 g/mol. The summed E-state index contributed by atoms with van der Waals surface area (Å²) in [6, 6.07) is 5.78. The SMILES string of the molecule is COC(=O)C(=O)Cc1ccc(C)cc1C. The molecular formula is C12H14O3. The molecule has 0 atom stereocenters. The lowest BCUT2D eigenvalue weighted by molar-refractivity contribution is -0.151. The number of ketones is 1. The highest BCUT2D eigenvalue weighted by atomic mass is 16.5. The Morgan fingerprint density at radius 2 is 1.93 bits per heavy atom. The molecule has 0 saturated heterocycles. The van der Waals surface area contributed by atoms with E-state index in [9.17, 15) is 9.59 Å². The Morgan fingerprint density at radius 3 is 2.47 bits per heavy atom. The molecule has 3 heteroatoms. The van der Waals surface area contributed by atoms with Gasteiger partial charge in [0, 0.05) is 6.42 Å². The van der Waals surface area contributed by atoms with E-state index in [1.165, 1.54) is 7.11 Å². The van der Waals surface area contributed by atoms with Gasteiger partial charge in [-0.15, -0.1) is 0 Å². The third kappa shape index (κ3) is 2.91. The molecule has 1 aromatic rings. The van der Waals surface area contributed by atoms with Crippen LogP contribution in [0.3, 0.4) is 0 Å². The van der Waals surface area contributed by atoms with Gasteiger partial charge in [0.05, 0.1) is 7.11 Å². The van der Waals surface area contributed by atoms with Gasteiger partial charge in [-0.3, -0.25) is 4.79 Å². The monoisotopic (exact) mass is 206 g/mol. The number of Topliss-reactive ketones (excluding diaryl/α,β-unsaturated/α-hetero) is 1. The lowest BCUT2D eigenvalue weighted by Gasteiger charge is -2.05. The fourth-order valence-electron chi connectivity index (χ4n) is 1.40. The second-order valence-corrected chi connectivity index (χ2v) is 3.52. The van der Waals surface area contributed by atoms with Crippen molar-refractivity contribution in [2.45, 2.75) is 20.3 Å². The minimum Gasteiger partial charge on any atom is -0.463 e. The number of benzene rings is 1. The molecule has 0 aliphatic rings. The van der Waals surface area contributed by atoms with Crippen molar-refractivity contribution in [3.63, 3.8) is 0 Å². The van der Waals surface area contributed by atoms with Crippen LogP contribution < -0.4 is 0 Å². The molecule has 0 saturated carbocycles. The van der Waals surface area contributed by atoms with Gasteiger partial charge in [0.15, 0.2) is 0 Å². The predicted octanol–water partition coefficient (Wildman–Crippen LogP) is 1.59. The maximum absolute atomic E-state index is 11.3. The highest BCUT2D eigenvalue weighted by Crippen LogP contribution is 2.11. The van der Waals surface area contributed by atoms with E-state index >= 15 is 0 Å². The number of carbonyl (C=O) groups excluding carboxylic acids is 2. The standard InChI is InChI=1S/C12H14O3/c1-8-4-5-10(9(2)6-8)7-11(13)12(14)15-3/h4-6H,7H2,1-3H3. The molecule has 3 nitrogen and oxygen atoms in total. The van der Waals surface area contributed by atoms with Crippen molar-refractivity contribution in [3.05, 3.63) is 34.9 Å². The van der Waals surface area contributed by atoms with Gasteiger partial charge in [-0.25, -0.2) is 4.79 Å². The van der Waals surface area contributed by atoms with Crippen LogP contribution >= 0.6 is 0 Å². The van der Waals surface area contributed by atoms with Gasteiger partial charge in [-0.2, -0.15) is 0 Å². The maximum Gasteiger partial charge on any atom is 0.374 e. The highest BCUT2D eigenvalue weighted by molar-refractivity contribution is 6.34. The number of hydrogen-bond donors (Lipinski definition) is 0. The van der Waals surface area contributed by atoms with Crippen LogP contribution in [0.5, 0.6) is 0 Å². The Morgan fingerprint density at radius 1 is 1.27 bits per heavy atom. The first-order valence-corrected chi connectivity index (χ1v) is 4.72. The summed E-state index contributed by atoms with van der Waals surface area (Å²) in [7, 11) is 1.21. The Bertz CT molecular complexity index is 394. The zero-order valence-corrected chi connectivity index (χ0v) is 9.16. The molecule has 0 amide bonds. The van der Waals surface area contributed by atoms with E-state index in [1.54, 1.807) is 0 Å². The second kappa shape index (κ2) is 4.73. The van der Waals surface area contributed by atoms with E-state index in [0.717, 1.165) is 16.7 Å². The molecule has 0 aliphatic heterocycles. The fourth-order valence-corrected chi connectivity index (χ4v) is 1.40. The molecule has 0 radical (unpaired) electrons. The van der Waals surface area contributed by atoms with Gasteiger partial charge in [-0.1, -0.05) is 23.8 Å². The number of methoxy groups -OCH3 is 1. The van der Waals surface area contributed by atoms with E-state index in [-0.39, 0.29) is 6.42 Å². The fraction of sp³-hybridized carbons (Fsp3) is 0.333. The number of rotatable bonds is 3. The third-order valence-electron chi connectivity index (χ3n) is 2.26. The van der Waals surface area contributed by atoms with Crippen molar-refractivity contribution in [3.8, 4) is 0 Å². The van der Waals surface area contributed by atoms with Gasteiger partial charge in [-0.05, 0) is 25.0 Å². The molecule has 15 heavy (non-hydrogen) atoms. The summed E-state index contributed by atoms with van der Waals surface area (Å²) in [5.41, 5.74) is 3.03. The Labute approximate surface area is 89.1 Å². The van der Waals surface area contributed by atoms with Crippen molar-refractivity contribution in [1.82, 2.24) is 0 Å². The van der Waals surface area contributed by atoms with Crippen molar-refractivity contribution in [2.75, 3.05) is 7.11 Å². The van der Waals surface area contributed by atoms with E-state index in [0.29, 0.717) is 0 Å². The van der Waals surface area contributed by atoms with Crippen LogP contribution in [-0.2, 0) is 20.7 Å². The predicted molar refractivity (Wildman–Crippen MR) is 56.6 cm³/mol. The van der Waals surface area contributed by atoms with E-state index in [2.05, 4.69) is 4.74 Å². The molecule has 1 rings (SSSR count). The van der Waals surface area contributed by atoms with Crippen LogP contribution in [0.1, 0.15) is 16.7 Å². The normalized spacial score (nSPS) is 9.80. The highest BCUT2D eigenvalue weighted by Gasteiger charge is 2.15. The first-order chi connectivity index (χ1) is 7.04. The van der Waals surface area contributed by atoms with Crippen molar-refractivity contribution < 1.29 is 14.3 Å². The summed E-state index contributed by atoms with van der Waals surface area (Å²) in [6.07, 6.45) is 0.110. The van der Waals surface area contributed by atoms with Crippen LogP contribution in [0.4, 0.5) is 0 Å². The summed E-state index contributed by atoms with van der Waals surface area (Å²) in [6.45, 7) is 3.91. The van der Waals surface area contributed by atoms with Crippen molar-refractivity contribution >= 4 is 11.8 Å². The minimum atomic E-state index is -0.782. The number of aryl methyl sites for hydroxylation is 2. The molecule has 0 unspecified atom stereocenters. The zero-order chi connectivity index (χ0) is 11.4. The molecule has 0 aromatic heterocycles. The van der Waals surface area contributed by atoms with Crippen LogP contribution in [0.2, 0.25) is 0 Å². The van der Waals surface area contributed by atoms with Gasteiger partial charge in [0.1, 0.15) is 0 Å². The summed E-state index contributed by atoms with van der Waals surface area (Å²) < 4.78 is 4.36. The van der Waals surface area contributed by atoms with Crippen LogP contribution in [-0.4, -0.2) is 18.9 Å². The molecule has 0 heterocycles. The van der Waals surface area contributed by atoms with E-state index in [1.807, 2.05) is 32.0 Å². The Kier molecular flexibility index (Phi) is 3.61. The quantitative estimate of drug-likeness (QED) is 0.557. The average Bonchev–Trinajstić information content (AvgIpc) is 2.20. The molecule has 1 aromatic carbocycles. The lowest BCUT2D eigenvalue weighted by Crippen LogP contribution is -2.18. The van der Waals surface area contributed by atoms with Gasteiger partial charge in [0.25, 0.3) is 0 Å². The topological polar surface area (TPSA) is 43.4 Å². The number of esters is 1. The molecule has 0 aliphatic carbocycles. The van der Waals surface area contributed by atoms with Crippen LogP contribution in [0.15, 0.2) is 18.2 Å². The molecular weight excluding hydrogens is 192 g/mol. The zero-order valence-electron chi connectivity index (χ0n) is 9.16. The largest absolute Gasteiger partial charge is 0.463 e. The first kappa shape index (κ1) is 11.4. The Balaban J connectivity index is 2.81. The smallest absolute Gasteiger partial charge is 0.374 e. The number of ether oxygens (including phenoxy) is 1. The van der Waals surface area contributed by atoms with Crippen molar-refractivity contribution in [2.24, 2.45) is 0 Å². The van der Waals surface area contributed by atoms with Gasteiger partial charge < -0.3 is 4.74 Å². The van der Waals surface area contributed by atoms with E-state index in [4.69, 9.17) is 0 Å². The van der Waals surface area contributed by atoms with Gasteiger partial charge >= 0.3 is 5.97 Å². The van der Waals surface area contributed by atoms with Crippen LogP contribution in [0, 0.1) is 13.8 Å². The summed E-state index contributed by atoms with van der Waals surface area (Å²) in [5.74, 6) is -1.29. The minimum absolute atomic E-state index is 0.110. The molecule has 0 spiro atoms. The van der Waals surface area contributed by atoms with Crippen molar-refractivity contribution in [1.29, 1.82) is 0 Å². The summed E-state index contributed by atoms with van der Waals surface area (Å²) in [5, 5.41) is 0. The van der Waals surface area contributed by atoms with E-state index < -0.39 is 11.8 Å². The third-order valence-corrected chi connectivity index (χ3v) is 2.26. The van der Waals surface area contributed by atoms with Crippen LogP contribution in [0.25, 0.3) is 0 Å².